The molecule has 2 aliphatic heterocycles. The van der Waals surface area contributed by atoms with Crippen molar-refractivity contribution in [1.82, 2.24) is 19.9 Å². The summed E-state index contributed by atoms with van der Waals surface area (Å²) in [6, 6.07) is 19.9. The molecule has 1 amide bonds. The van der Waals surface area contributed by atoms with Gasteiger partial charge in [-0.3, -0.25) is 4.98 Å². The number of ether oxygens (including phenoxy) is 3. The summed E-state index contributed by atoms with van der Waals surface area (Å²) in [5.74, 6) is 0.363. The maximum atomic E-state index is 14.0. The Labute approximate surface area is 265 Å². The van der Waals surface area contributed by atoms with Gasteiger partial charge in [0.05, 0.1) is 42.9 Å². The molecule has 6 rings (SSSR count). The Kier molecular flexibility index (Phi) is 8.70. The number of anilines is 1. The molecule has 2 aliphatic rings. The van der Waals surface area contributed by atoms with E-state index in [0.717, 1.165) is 16.7 Å². The summed E-state index contributed by atoms with van der Waals surface area (Å²) in [7, 11) is 1.29. The minimum Gasteiger partial charge on any atom is -0.481 e. The third kappa shape index (κ3) is 6.29. The van der Waals surface area contributed by atoms with Crippen LogP contribution < -0.4 is 14.4 Å². The van der Waals surface area contributed by atoms with Crippen LogP contribution in [0.2, 0.25) is 0 Å². The van der Waals surface area contributed by atoms with E-state index in [9.17, 15) is 18.0 Å². The molecule has 0 unspecified atom stereocenters. The SMILES string of the molecule is CCOc1ncccc1-c1ccc2c(n1)CN(C(=O)OCc1ccccc1)CC21CCN(c2ccc(OC)nc2C(F)(F)F)CC1. The van der Waals surface area contributed by atoms with Crippen LogP contribution in [0, 0.1) is 0 Å². The van der Waals surface area contributed by atoms with Crippen molar-refractivity contribution in [2.45, 2.75) is 44.5 Å². The van der Waals surface area contributed by atoms with Crippen molar-refractivity contribution >= 4 is 11.8 Å². The zero-order valence-electron chi connectivity index (χ0n) is 25.6. The number of carbonyl (C=O) groups is 1. The van der Waals surface area contributed by atoms with Gasteiger partial charge in [-0.2, -0.15) is 13.2 Å². The van der Waals surface area contributed by atoms with Gasteiger partial charge in [0.2, 0.25) is 11.8 Å². The Bertz CT molecular complexity index is 1690. The summed E-state index contributed by atoms with van der Waals surface area (Å²) in [5.41, 5.74) is 2.42. The van der Waals surface area contributed by atoms with Crippen molar-refractivity contribution in [3.8, 4) is 23.0 Å². The highest BCUT2D eigenvalue weighted by Gasteiger charge is 2.46. The summed E-state index contributed by atoms with van der Waals surface area (Å²) >= 11 is 0. The van der Waals surface area contributed by atoms with E-state index in [1.807, 2.05) is 61.5 Å². The quantitative estimate of drug-likeness (QED) is 0.223. The van der Waals surface area contributed by atoms with Crippen LogP contribution in [-0.2, 0) is 29.5 Å². The monoisotopic (exact) mass is 633 g/mol. The molecule has 0 aliphatic carbocycles. The van der Waals surface area contributed by atoms with Crippen molar-refractivity contribution in [2.75, 3.05) is 38.3 Å². The number of pyridine rings is 3. The number of methoxy groups -OCH3 is 1. The van der Waals surface area contributed by atoms with Crippen molar-refractivity contribution in [3.63, 3.8) is 0 Å². The number of piperidine rings is 1. The maximum absolute atomic E-state index is 14.0. The van der Waals surface area contributed by atoms with Crippen LogP contribution in [0.15, 0.2) is 72.9 Å². The number of fused-ring (bicyclic) bond motifs is 2. The van der Waals surface area contributed by atoms with Gasteiger partial charge >= 0.3 is 12.3 Å². The first-order chi connectivity index (χ1) is 22.2. The Balaban J connectivity index is 1.32. The van der Waals surface area contributed by atoms with Crippen LogP contribution in [0.5, 0.6) is 11.8 Å². The average Bonchev–Trinajstić information content (AvgIpc) is 3.07. The molecule has 46 heavy (non-hydrogen) atoms. The lowest BCUT2D eigenvalue weighted by Crippen LogP contribution is -2.53. The van der Waals surface area contributed by atoms with E-state index in [4.69, 9.17) is 19.2 Å². The Hall–Kier alpha value is -4.87. The molecule has 3 aromatic heterocycles. The molecule has 12 heteroatoms. The summed E-state index contributed by atoms with van der Waals surface area (Å²) in [6.07, 6.45) is -2.49. The van der Waals surface area contributed by atoms with Crippen LogP contribution >= 0.6 is 0 Å². The van der Waals surface area contributed by atoms with Crippen LogP contribution in [0.4, 0.5) is 23.7 Å². The molecule has 1 fully saturated rings. The van der Waals surface area contributed by atoms with Gasteiger partial charge in [-0.1, -0.05) is 36.4 Å². The fourth-order valence-corrected chi connectivity index (χ4v) is 6.33. The van der Waals surface area contributed by atoms with Crippen molar-refractivity contribution in [1.29, 1.82) is 0 Å². The summed E-state index contributed by atoms with van der Waals surface area (Å²) in [4.78, 5) is 30.0. The molecule has 240 valence electrons. The number of benzene rings is 1. The molecule has 4 aromatic rings. The molecule has 0 bridgehead atoms. The highest BCUT2D eigenvalue weighted by molar-refractivity contribution is 5.70. The molecule has 1 aromatic carbocycles. The lowest BCUT2D eigenvalue weighted by molar-refractivity contribution is -0.140. The van der Waals surface area contributed by atoms with Crippen molar-refractivity contribution in [3.05, 3.63) is 95.4 Å². The zero-order chi connectivity index (χ0) is 32.3. The average molecular weight is 634 g/mol. The third-order valence-electron chi connectivity index (χ3n) is 8.56. The van der Waals surface area contributed by atoms with E-state index in [2.05, 4.69) is 9.97 Å². The second kappa shape index (κ2) is 12.9. The van der Waals surface area contributed by atoms with Gasteiger partial charge in [-0.05, 0) is 55.2 Å². The zero-order valence-corrected chi connectivity index (χ0v) is 25.6. The molecule has 1 saturated heterocycles. The van der Waals surface area contributed by atoms with E-state index in [-0.39, 0.29) is 24.7 Å². The minimum atomic E-state index is -4.65. The number of hydrogen-bond acceptors (Lipinski definition) is 8. The van der Waals surface area contributed by atoms with Crippen molar-refractivity contribution < 1.29 is 32.2 Å². The minimum absolute atomic E-state index is 0.00631. The van der Waals surface area contributed by atoms with Crippen LogP contribution in [0.3, 0.4) is 0 Å². The molecule has 5 heterocycles. The van der Waals surface area contributed by atoms with Crippen LogP contribution in [0.25, 0.3) is 11.3 Å². The molecule has 0 N–H and O–H groups in total. The summed E-state index contributed by atoms with van der Waals surface area (Å²) in [5, 5.41) is 0. The van der Waals surface area contributed by atoms with Gasteiger partial charge < -0.3 is 24.0 Å². The molecular weight excluding hydrogens is 599 g/mol. The highest BCUT2D eigenvalue weighted by Crippen LogP contribution is 2.45. The van der Waals surface area contributed by atoms with Gasteiger partial charge in [0.25, 0.3) is 0 Å². The molecule has 1 spiro atoms. The van der Waals surface area contributed by atoms with Crippen LogP contribution in [0.1, 0.15) is 42.3 Å². The largest absolute Gasteiger partial charge is 0.481 e. The Morgan fingerprint density at radius 2 is 1.76 bits per heavy atom. The van der Waals surface area contributed by atoms with E-state index in [1.54, 1.807) is 16.0 Å². The topological polar surface area (TPSA) is 89.9 Å². The number of halogens is 3. The number of aromatic nitrogens is 3. The van der Waals surface area contributed by atoms with Gasteiger partial charge in [0, 0.05) is 37.3 Å². The lowest BCUT2D eigenvalue weighted by Gasteiger charge is -2.48. The Morgan fingerprint density at radius 3 is 2.48 bits per heavy atom. The standard InChI is InChI=1S/C34H34F3N5O4/c1-3-45-31-24(10-7-17-38-31)26-12-11-25-27(39-26)20-42(32(43)46-21-23-8-5-4-6-9-23)22-33(25)15-18-41(19-16-33)28-13-14-29(44-2)40-30(28)34(35,36)37/h4-14,17H,3,15-16,18-22H2,1-2H3. The summed E-state index contributed by atoms with van der Waals surface area (Å²) < 4.78 is 58.5. The van der Waals surface area contributed by atoms with E-state index in [1.165, 1.54) is 19.2 Å². The molecule has 0 atom stereocenters. The van der Waals surface area contributed by atoms with Gasteiger partial charge in [-0.25, -0.2) is 14.8 Å². The number of amides is 1. The number of alkyl halides is 3. The lowest BCUT2D eigenvalue weighted by atomic mass is 9.69. The first-order valence-corrected chi connectivity index (χ1v) is 15.1. The summed E-state index contributed by atoms with van der Waals surface area (Å²) in [6.45, 7) is 3.67. The van der Waals surface area contributed by atoms with Crippen molar-refractivity contribution in [2.24, 2.45) is 0 Å². The van der Waals surface area contributed by atoms with E-state index in [0.29, 0.717) is 56.4 Å². The fourth-order valence-electron chi connectivity index (χ4n) is 6.33. The predicted molar refractivity (Wildman–Crippen MR) is 165 cm³/mol. The second-order valence-electron chi connectivity index (χ2n) is 11.4. The van der Waals surface area contributed by atoms with E-state index >= 15 is 0 Å². The van der Waals surface area contributed by atoms with Gasteiger partial charge in [0.15, 0.2) is 5.69 Å². The Morgan fingerprint density at radius 1 is 0.978 bits per heavy atom. The fraction of sp³-hybridized carbons (Fsp3) is 0.353. The molecule has 9 nitrogen and oxygen atoms in total. The van der Waals surface area contributed by atoms with E-state index < -0.39 is 23.4 Å². The molecular formula is C34H34F3N5O4. The highest BCUT2D eigenvalue weighted by atomic mass is 19.4. The second-order valence-corrected chi connectivity index (χ2v) is 11.4. The molecule has 0 radical (unpaired) electrons. The first-order valence-electron chi connectivity index (χ1n) is 15.1. The predicted octanol–water partition coefficient (Wildman–Crippen LogP) is 6.66. The third-order valence-corrected chi connectivity index (χ3v) is 8.56. The maximum Gasteiger partial charge on any atom is 0.435 e. The van der Waals surface area contributed by atoms with Crippen LogP contribution in [-0.4, -0.2) is 59.3 Å². The van der Waals surface area contributed by atoms with Gasteiger partial charge in [-0.15, -0.1) is 0 Å². The smallest absolute Gasteiger partial charge is 0.435 e. The van der Waals surface area contributed by atoms with Gasteiger partial charge in [0.1, 0.15) is 6.61 Å². The number of carbonyl (C=O) groups excluding carboxylic acids is 1. The number of rotatable bonds is 7. The number of nitrogens with zero attached hydrogens (tertiary/aromatic N) is 5. The molecule has 0 saturated carbocycles. The first kappa shape index (κ1) is 31.1. The number of hydrogen-bond donors (Lipinski definition) is 0. The normalized spacial score (nSPS) is 15.8.